The fourth-order valence-corrected chi connectivity index (χ4v) is 8.58. The Hall–Kier alpha value is -6.92. The van der Waals surface area contributed by atoms with Crippen molar-refractivity contribution in [2.24, 2.45) is 0 Å². The van der Waals surface area contributed by atoms with Gasteiger partial charge in [0.15, 0.2) is 0 Å². The number of H-pyrrole nitrogens is 2. The van der Waals surface area contributed by atoms with Gasteiger partial charge in [-0.05, 0) is 104 Å². The van der Waals surface area contributed by atoms with Crippen molar-refractivity contribution in [3.05, 3.63) is 161 Å². The van der Waals surface area contributed by atoms with E-state index in [1.165, 1.54) is 5.56 Å². The van der Waals surface area contributed by atoms with Crippen molar-refractivity contribution in [2.45, 2.75) is 51.5 Å². The normalized spacial score (nSPS) is 19.4. The van der Waals surface area contributed by atoms with Crippen LogP contribution in [0, 0.1) is 20.8 Å². The Kier molecular flexibility index (Phi) is 10.5. The molecule has 4 aromatic carbocycles. The van der Waals surface area contributed by atoms with E-state index >= 15 is 0 Å². The van der Waals surface area contributed by atoms with Gasteiger partial charge in [0.25, 0.3) is 0 Å². The predicted octanol–water partition coefficient (Wildman–Crippen LogP) is 9.43. The molecule has 10 rings (SSSR count). The number of nitrogens with one attached hydrogen (secondary N) is 2. The Morgan fingerprint density at radius 1 is 0.460 bits per heavy atom. The highest BCUT2D eigenvalue weighted by Gasteiger charge is 2.44. The summed E-state index contributed by atoms with van der Waals surface area (Å²) >= 11 is 0. The first kappa shape index (κ1) is 40.2. The summed E-state index contributed by atoms with van der Waals surface area (Å²) in [6.45, 7) is 5.70. The van der Waals surface area contributed by atoms with Crippen LogP contribution in [0.1, 0.15) is 39.5 Å². The summed E-state index contributed by atoms with van der Waals surface area (Å²) < 4.78 is 11.6. The lowest BCUT2D eigenvalue weighted by Crippen LogP contribution is -2.60. The molecule has 0 radical (unpaired) electrons. The van der Waals surface area contributed by atoms with Crippen LogP contribution in [0.15, 0.2) is 121 Å². The maximum absolute atomic E-state index is 10.7. The SMILES string of the molecule is Cc1ccc(-c2c3nc(c(-c4ccc(C)cc4)c4ccc([nH]4)c(-c4ccc(O[C@@H]5O[C@H](CO)[C@@H](O)[C@H](O)[C@H]5O)cc4)c4nc(c(-c5ccc(C)cc5)c5ccc2[nH]5)C=C4)C=C3)cc1. The fourth-order valence-electron chi connectivity index (χ4n) is 8.58. The molecule has 0 saturated carbocycles. The van der Waals surface area contributed by atoms with Crippen LogP contribution in [0.4, 0.5) is 0 Å². The number of nitrogens with zero attached hydrogens (tertiary/aromatic N) is 2. The van der Waals surface area contributed by atoms with Gasteiger partial charge in [0.05, 0.1) is 29.4 Å². The minimum absolute atomic E-state index is 0.354. The first-order valence-electron chi connectivity index (χ1n) is 21.1. The monoisotopic (exact) mass is 834 g/mol. The van der Waals surface area contributed by atoms with Crippen molar-refractivity contribution >= 4 is 46.4 Å². The van der Waals surface area contributed by atoms with Gasteiger partial charge in [0.2, 0.25) is 6.29 Å². The summed E-state index contributed by atoms with van der Waals surface area (Å²) in [4.78, 5) is 18.4. The third kappa shape index (κ3) is 7.58. The molecule has 0 unspecified atom stereocenters. The fraction of sp³-hybridized carbons (Fsp3) is 0.170. The number of benzene rings is 4. The highest BCUT2D eigenvalue weighted by molar-refractivity contribution is 5.99. The molecule has 5 atom stereocenters. The number of ether oxygens (including phenoxy) is 2. The first-order valence-corrected chi connectivity index (χ1v) is 21.1. The van der Waals surface area contributed by atoms with Crippen LogP contribution in [0.3, 0.4) is 0 Å². The molecule has 3 aliphatic rings. The Morgan fingerprint density at radius 3 is 1.13 bits per heavy atom. The van der Waals surface area contributed by atoms with E-state index in [1.54, 1.807) is 12.1 Å². The number of aryl methyl sites for hydroxylation is 3. The van der Waals surface area contributed by atoms with Gasteiger partial charge >= 0.3 is 0 Å². The first-order chi connectivity index (χ1) is 30.6. The van der Waals surface area contributed by atoms with Crippen LogP contribution < -0.4 is 4.74 Å². The Balaban J connectivity index is 1.23. The quantitative estimate of drug-likeness (QED) is 0.0928. The van der Waals surface area contributed by atoms with Crippen molar-refractivity contribution in [1.29, 1.82) is 0 Å². The van der Waals surface area contributed by atoms with E-state index in [1.807, 2.05) is 18.2 Å². The molecular formula is C53H46N4O6. The molecule has 0 spiro atoms. The average Bonchev–Trinajstić information content (AvgIpc) is 4.15. The molecule has 6 heterocycles. The zero-order valence-corrected chi connectivity index (χ0v) is 35.0. The minimum atomic E-state index is -1.56. The average molecular weight is 835 g/mol. The molecule has 1 fully saturated rings. The molecule has 63 heavy (non-hydrogen) atoms. The van der Waals surface area contributed by atoms with E-state index in [-0.39, 0.29) is 0 Å². The summed E-state index contributed by atoms with van der Waals surface area (Å²) in [5.74, 6) is 0.354. The summed E-state index contributed by atoms with van der Waals surface area (Å²) in [5.41, 5.74) is 17.9. The molecule has 0 amide bonds. The van der Waals surface area contributed by atoms with Gasteiger partial charge in [0.1, 0.15) is 30.2 Å². The van der Waals surface area contributed by atoms with Crippen molar-refractivity contribution in [3.8, 4) is 50.3 Å². The highest BCUT2D eigenvalue weighted by atomic mass is 16.7. The number of aliphatic hydroxyl groups excluding tert-OH is 4. The molecule has 0 aliphatic carbocycles. The highest BCUT2D eigenvalue weighted by Crippen LogP contribution is 2.39. The maximum Gasteiger partial charge on any atom is 0.229 e. The number of rotatable bonds is 7. The largest absolute Gasteiger partial charge is 0.462 e. The molecule has 1 saturated heterocycles. The second-order valence-corrected chi connectivity index (χ2v) is 16.4. The number of fused-ring (bicyclic) bond motifs is 8. The van der Waals surface area contributed by atoms with E-state index in [0.717, 1.165) is 100 Å². The van der Waals surface area contributed by atoms with Crippen LogP contribution in [0.2, 0.25) is 0 Å². The number of aromatic nitrogens is 4. The van der Waals surface area contributed by atoms with Gasteiger partial charge in [-0.25, -0.2) is 9.97 Å². The number of aromatic amines is 2. The molecule has 3 aliphatic heterocycles. The number of hydrogen-bond donors (Lipinski definition) is 6. The standard InChI is InChI=1S/C53H46N4O6/c1-29-4-10-32(11-5-29)46-37-20-22-39(54-37)47(33-12-6-30(2)7-13-33)41-24-26-43(56-41)49(35-16-18-36(19-17-35)62-53-52(61)51(60)50(59)45(28-58)63-53)44-27-25-42(57-44)48(40-23-21-38(46)55-40)34-14-8-31(3)9-15-34/h4-27,45,50-54,57-61H,28H2,1-3H3/t45-,50-,51+,52-,53-/m1/s1. The lowest BCUT2D eigenvalue weighted by Gasteiger charge is -2.39. The molecule has 10 nitrogen and oxygen atoms in total. The number of hydrogen-bond acceptors (Lipinski definition) is 8. The van der Waals surface area contributed by atoms with Gasteiger partial charge < -0.3 is 39.9 Å². The Labute approximate surface area is 364 Å². The van der Waals surface area contributed by atoms with Crippen LogP contribution >= 0.6 is 0 Å². The second-order valence-electron chi connectivity index (χ2n) is 16.4. The van der Waals surface area contributed by atoms with Crippen molar-refractivity contribution in [2.75, 3.05) is 6.61 Å². The molecular weight excluding hydrogens is 789 g/mol. The minimum Gasteiger partial charge on any atom is -0.462 e. The lowest BCUT2D eigenvalue weighted by atomic mass is 9.99. The molecule has 3 aromatic heterocycles. The zero-order chi connectivity index (χ0) is 43.4. The van der Waals surface area contributed by atoms with Gasteiger partial charge in [-0.2, -0.15) is 0 Å². The zero-order valence-electron chi connectivity index (χ0n) is 35.0. The summed E-state index contributed by atoms with van der Waals surface area (Å²) in [6.07, 6.45) is 1.30. The summed E-state index contributed by atoms with van der Waals surface area (Å²) in [7, 11) is 0. The third-order valence-electron chi connectivity index (χ3n) is 12.0. The van der Waals surface area contributed by atoms with Gasteiger partial charge in [-0.3, -0.25) is 0 Å². The van der Waals surface area contributed by atoms with Gasteiger partial charge in [0, 0.05) is 44.3 Å². The molecule has 8 bridgehead atoms. The summed E-state index contributed by atoms with van der Waals surface area (Å²) in [5, 5.41) is 41.0. The number of aliphatic hydroxyl groups is 4. The smallest absolute Gasteiger partial charge is 0.229 e. The Morgan fingerprint density at radius 2 is 0.794 bits per heavy atom. The van der Waals surface area contributed by atoms with Gasteiger partial charge in [-0.15, -0.1) is 0 Å². The molecule has 314 valence electrons. The van der Waals surface area contributed by atoms with E-state index in [4.69, 9.17) is 19.4 Å². The predicted molar refractivity (Wildman–Crippen MR) is 249 cm³/mol. The Bertz CT molecular complexity index is 3030. The lowest BCUT2D eigenvalue weighted by molar-refractivity contribution is -0.277. The topological polar surface area (TPSA) is 157 Å². The maximum atomic E-state index is 10.7. The second kappa shape index (κ2) is 16.4. The van der Waals surface area contributed by atoms with Crippen molar-refractivity contribution in [1.82, 2.24) is 19.9 Å². The van der Waals surface area contributed by atoms with E-state index in [0.29, 0.717) is 5.75 Å². The van der Waals surface area contributed by atoms with E-state index < -0.39 is 37.3 Å². The van der Waals surface area contributed by atoms with E-state index in [2.05, 4.69) is 146 Å². The van der Waals surface area contributed by atoms with Gasteiger partial charge in [-0.1, -0.05) is 102 Å². The molecule has 6 N–H and O–H groups in total. The van der Waals surface area contributed by atoms with Crippen molar-refractivity contribution in [3.63, 3.8) is 0 Å². The van der Waals surface area contributed by atoms with Crippen LogP contribution in [0.25, 0.3) is 90.9 Å². The van der Waals surface area contributed by atoms with Crippen LogP contribution in [-0.2, 0) is 4.74 Å². The van der Waals surface area contributed by atoms with Crippen LogP contribution in [0.5, 0.6) is 5.75 Å². The summed E-state index contributed by atoms with van der Waals surface area (Å²) in [6, 6.07) is 41.3. The van der Waals surface area contributed by atoms with Crippen LogP contribution in [-0.4, -0.2) is 77.7 Å². The van der Waals surface area contributed by atoms with E-state index in [9.17, 15) is 20.4 Å². The van der Waals surface area contributed by atoms with Crippen molar-refractivity contribution < 1.29 is 29.9 Å². The third-order valence-corrected chi connectivity index (χ3v) is 12.0. The molecule has 10 heteroatoms. The molecule has 7 aromatic rings.